The number of aromatic nitrogens is 8. The van der Waals surface area contributed by atoms with Crippen LogP contribution in [-0.2, 0) is 116 Å². The molecule has 4 aromatic rings. The number of ether oxygens (including phenoxy) is 2. The van der Waals surface area contributed by atoms with E-state index in [1.165, 1.54) is 35.5 Å². The molecule has 0 aromatic carbocycles. The summed E-state index contributed by atoms with van der Waals surface area (Å²) in [5.74, 6) is -5.93. The van der Waals surface area contributed by atoms with Crippen molar-refractivity contribution in [2.45, 2.75) is 183 Å². The zero-order valence-corrected chi connectivity index (χ0v) is 79.7. The van der Waals surface area contributed by atoms with Crippen LogP contribution >= 0.6 is 71.3 Å². The fraction of sp³-hybridized carbons (Fsp3) is 0.694. The standard InChI is InChI=1S/C27H44N7O18P3S.C21H36N7O16P3S.C6H13NO2.C6H10O3.CH4B.CH4.K.H2O/c1-14(2)9-15(35)26(40)56-8-7-29-17(36)5-6-30-24(39)21(38)27(3,4)11-49-55(46,47)52-54(44,45)48-10-16-20(51-53(41,42)43)19(37)25(50-16)34-13-33-18-22(28)31-12-32-23(18)34;1-21(2,16(31)19(32)24-4-3-12(29)23-5-6-48)8-41-47(38,39)44-46(36,37)40-7-11-15(43-45(33,34)35)14(30)20(42-11)28-10-27-13-17(22)25-9-26-18(13)28;2*1-4(2)3-5(7)6(8)9;1-2;;;/h12-14,16,19-21,25,37-38H,5-11H2,1-4H3,(H,29,36)(H,30,39)(H,44,45)(H,46,47)(H2,28,31,32)(H2,41,42,43);9-11,14-16,20,30-31,48H,3-8H2,1-2H3,(H,23,29)(H,24,32)(H,36,37)(H,38,39)(H2,22,25,26)(H2,33,34,35);4-5H,3,7H2,1-2H3,(H,8,9);4H,3H2,1-2H3,(H,8,9);2H,1H3;1H4;;1H2/q;;;;-1;;+1;/p-8/i;;;;2D;;;. The van der Waals surface area contributed by atoms with Crippen molar-refractivity contribution in [3.63, 3.8) is 0 Å². The van der Waals surface area contributed by atoms with Crippen LogP contribution < -0.4 is 134 Å². The number of aliphatic carboxylic acids is 2. The molecule has 2 radical (unpaired) electrons. The number of anilines is 2. The number of imidazole rings is 2. The Morgan fingerprint density at radius 1 is 0.614 bits per heavy atom. The number of aliphatic hydroxyl groups excluding tert-OH is 4. The maximum atomic E-state index is 12.5. The van der Waals surface area contributed by atoms with E-state index in [0.717, 1.165) is 46.2 Å². The average Bonchev–Trinajstić information content (AvgIpc) is 1.62. The molecule has 722 valence electrons. The number of nitrogens with one attached hydrogen (secondary N) is 4. The zero-order valence-electron chi connectivity index (χ0n) is 71.5. The number of carboxylic acids is 2. The molecule has 2 aliphatic heterocycles. The summed E-state index contributed by atoms with van der Waals surface area (Å²) in [7, 11) is -33.9. The summed E-state index contributed by atoms with van der Waals surface area (Å²) >= 11 is 4.70. The summed E-state index contributed by atoms with van der Waals surface area (Å²) in [6.45, 7) is 12.9. The Morgan fingerprint density at radius 3 is 1.28 bits per heavy atom. The molecule has 6 heterocycles. The molecule has 17 N–H and O–H groups in total. The predicted octanol–water partition coefficient (Wildman–Crippen LogP) is -10.8. The monoisotopic (exact) mass is 2000 g/mol. The topological polar surface area (TPSA) is 902 Å². The number of thioether (sulfide) groups is 1. The first-order valence-electron chi connectivity index (χ1n) is 36.9. The number of ketones is 2. The van der Waals surface area contributed by atoms with Crippen molar-refractivity contribution in [1.29, 1.82) is 1.34 Å². The van der Waals surface area contributed by atoms with Crippen LogP contribution in [0.25, 0.3) is 22.3 Å². The van der Waals surface area contributed by atoms with Gasteiger partial charge in [0.2, 0.25) is 29.4 Å². The third-order valence-corrected chi connectivity index (χ3v) is 23.0. The molecule has 127 heavy (non-hydrogen) atoms. The zero-order chi connectivity index (χ0) is 95.9. The molecule has 15 atom stereocenters. The Morgan fingerprint density at radius 2 is 0.969 bits per heavy atom. The van der Waals surface area contributed by atoms with Gasteiger partial charge in [0.15, 0.2) is 41.2 Å². The fourth-order valence-electron chi connectivity index (χ4n) is 9.96. The van der Waals surface area contributed by atoms with Gasteiger partial charge in [0.05, 0.1) is 54.7 Å². The van der Waals surface area contributed by atoms with Gasteiger partial charge in [-0.25, -0.2) is 38.5 Å². The van der Waals surface area contributed by atoms with Gasteiger partial charge in [-0.05, 0) is 24.2 Å². The van der Waals surface area contributed by atoms with Gasteiger partial charge < -0.3 is 173 Å². The molecule has 0 saturated carbocycles. The minimum atomic E-state index is -5.93. The van der Waals surface area contributed by atoms with E-state index >= 15 is 0 Å². The van der Waals surface area contributed by atoms with E-state index in [4.69, 9.17) is 33.1 Å². The molecule has 2 fully saturated rings. The quantitative estimate of drug-likeness (QED) is 0.00642. The summed E-state index contributed by atoms with van der Waals surface area (Å²) in [5, 5.41) is 69.4. The van der Waals surface area contributed by atoms with Crippen molar-refractivity contribution in [2.24, 2.45) is 34.3 Å². The molecule has 2 aliphatic rings. The molecule has 6 rings (SSSR count). The first-order valence-corrected chi connectivity index (χ1v) is 46.7. The number of nitrogen functional groups attached to an aromatic ring is 2. The first kappa shape index (κ1) is 122. The number of amides is 4. The SMILES string of the molecule is C.CC(C)(COP(=O)([O-])OP(=O)([O-])OCC1OC(n2cnc3c(N)ncnc32)C(O)C1OP(=O)([O-])[O-])C(O)C(=O)NCCC(=O)NCCS.CC(C)CC(=O)C(=O)SCCNC(=O)CCNC(=O)C(O)C(C)(C)COP(=O)([O-])OP(=O)([O-])OCC1OC(n2cnc3c(N)ncnc32)C(O)C1OP(=O)([O-])[O-].CC(C)CC(=O)C(=O)[O-].CC(C)CC(N)C(=O)O.O.[2H][B-]C.[H+].[K+]. The molecule has 55 nitrogen and oxygen atoms in total. The molecule has 0 spiro atoms. The number of carbonyl (C=O) groups excluding carboxylic acids is 8. The van der Waals surface area contributed by atoms with Gasteiger partial charge in [0.1, 0.15) is 84.5 Å². The number of phosphoric acid groups is 6. The first-order chi connectivity index (χ1) is 57.5. The van der Waals surface area contributed by atoms with Gasteiger partial charge in [-0.2, -0.15) is 12.6 Å². The van der Waals surface area contributed by atoms with Crippen molar-refractivity contribution in [3.05, 3.63) is 25.3 Å². The van der Waals surface area contributed by atoms with Gasteiger partial charge in [0.25, 0.3) is 36.4 Å². The number of carboxylic acid groups (broad SMARTS) is 2. The maximum absolute atomic E-state index is 12.5. The number of thiol groups is 1. The van der Waals surface area contributed by atoms with Crippen molar-refractivity contribution in [1.82, 2.24) is 60.3 Å². The molecule has 0 aliphatic carbocycles. The number of rotatable bonds is 46. The minimum Gasteiger partial charge on any atom is -0.790 e. The predicted molar refractivity (Wildman–Crippen MR) is 426 cm³/mol. The third-order valence-electron chi connectivity index (χ3n) is 15.9. The second-order valence-corrected chi connectivity index (χ2v) is 38.4. The number of hydrogen-bond acceptors (Lipinski definition) is 49. The van der Waals surface area contributed by atoms with Crippen molar-refractivity contribution >= 4 is 165 Å². The van der Waals surface area contributed by atoms with E-state index in [2.05, 4.69) is 99.6 Å². The summed E-state index contributed by atoms with van der Waals surface area (Å²) in [5.41, 5.74) is 13.3. The van der Waals surface area contributed by atoms with Crippen LogP contribution in [0.1, 0.15) is 123 Å². The Kier molecular flexibility index (Phi) is 54.4. The number of carbonyl (C=O) groups is 9. The Bertz CT molecular complexity index is 4580. The molecular formula is C62H105BKN15O40P6S2-8. The van der Waals surface area contributed by atoms with E-state index in [9.17, 15) is 135 Å². The summed E-state index contributed by atoms with van der Waals surface area (Å²) in [4.78, 5) is 221. The molecule has 2 saturated heterocycles. The van der Waals surface area contributed by atoms with Gasteiger partial charge in [-0.15, -0.1) is 0 Å². The van der Waals surface area contributed by atoms with Crippen LogP contribution in [0, 0.1) is 28.6 Å². The Labute approximate surface area is 783 Å². The average molecular weight is 2000 g/mol. The molecule has 65 heteroatoms. The fourth-order valence-corrected chi connectivity index (χ4v) is 16.2. The van der Waals surface area contributed by atoms with Crippen LogP contribution in [0.4, 0.5) is 11.6 Å². The van der Waals surface area contributed by atoms with Crippen LogP contribution in [-0.4, -0.2) is 250 Å². The second-order valence-electron chi connectivity index (χ2n) is 28.7. The minimum absolute atomic E-state index is 0. The number of nitrogens with zero attached hydrogens (tertiary/aromatic N) is 8. The molecule has 0 bridgehead atoms. The van der Waals surface area contributed by atoms with Gasteiger partial charge in [-0.1, -0.05) is 88.4 Å². The van der Waals surface area contributed by atoms with Crippen molar-refractivity contribution < 1.29 is 244 Å². The summed E-state index contributed by atoms with van der Waals surface area (Å²) in [6, 6.07) is -0.690. The van der Waals surface area contributed by atoms with E-state index < -0.39 is 204 Å². The van der Waals surface area contributed by atoms with Gasteiger partial charge in [-0.3, -0.25) is 72.6 Å². The van der Waals surface area contributed by atoms with Gasteiger partial charge in [0, 0.05) is 74.2 Å². The molecule has 15 unspecified atom stereocenters. The second kappa shape index (κ2) is 56.5. The van der Waals surface area contributed by atoms with E-state index in [1.807, 2.05) is 13.8 Å². The van der Waals surface area contributed by atoms with E-state index in [-0.39, 0.29) is 163 Å². The number of nitrogens with two attached hydrogens (primary N) is 3. The van der Waals surface area contributed by atoms with E-state index in [1.54, 1.807) is 34.5 Å². The molecule has 4 aromatic heterocycles. The largest absolute Gasteiger partial charge is 1.00 e. The number of phosphoric ester groups is 6. The Balaban J connectivity index is -0.00000197. The summed E-state index contributed by atoms with van der Waals surface area (Å²) < 4.78 is 127. The van der Waals surface area contributed by atoms with Crippen LogP contribution in [0.3, 0.4) is 0 Å². The van der Waals surface area contributed by atoms with Crippen LogP contribution in [0.15, 0.2) is 25.3 Å². The van der Waals surface area contributed by atoms with E-state index in [0.29, 0.717) is 24.6 Å². The van der Waals surface area contributed by atoms with Crippen molar-refractivity contribution in [2.75, 3.05) is 75.6 Å². The van der Waals surface area contributed by atoms with Crippen molar-refractivity contribution in [3.8, 4) is 0 Å². The maximum Gasteiger partial charge on any atom is 1.00 e. The number of fused-ring (bicyclic) bond motifs is 2. The molecule has 4 amide bonds. The molecular weight excluding hydrogens is 1890 g/mol. The number of Topliss-reactive ketones (excluding diaryl/α,β-unsaturated/α-hetero) is 2. The summed E-state index contributed by atoms with van der Waals surface area (Å²) in [6.07, 6.45) is -14.4. The third kappa shape index (κ3) is 44.8. The van der Waals surface area contributed by atoms with Gasteiger partial charge >= 0.3 is 58.8 Å². The van der Waals surface area contributed by atoms with Crippen LogP contribution in [0.5, 0.6) is 0 Å². The smallest absolute Gasteiger partial charge is 0.790 e. The Hall–Kier alpha value is -4.65. The number of hydrogen-bond donors (Lipinski definition) is 13. The normalized spacial score (nSPS) is 20.2. The van der Waals surface area contributed by atoms with Crippen LogP contribution in [0.2, 0.25) is 6.82 Å². The number of aliphatic hydroxyl groups is 4.